The van der Waals surface area contributed by atoms with Gasteiger partial charge in [0.15, 0.2) is 0 Å². The lowest BCUT2D eigenvalue weighted by molar-refractivity contribution is -0.118. The molecule has 2 aromatic rings. The summed E-state index contributed by atoms with van der Waals surface area (Å²) >= 11 is 6.25. The van der Waals surface area contributed by atoms with Crippen LogP contribution in [0.25, 0.3) is 10.9 Å². The fourth-order valence-electron chi connectivity index (χ4n) is 2.46. The smallest absolute Gasteiger partial charge is 0.408 e. The van der Waals surface area contributed by atoms with E-state index in [1.807, 2.05) is 25.1 Å². The van der Waals surface area contributed by atoms with E-state index in [9.17, 15) is 9.59 Å². The number of alkyl carbamates (subject to hydrolysis) is 1. The molecule has 1 aromatic heterocycles. The van der Waals surface area contributed by atoms with Crippen LogP contribution in [0.2, 0.25) is 5.02 Å². The number of aromatic nitrogens is 1. The van der Waals surface area contributed by atoms with E-state index in [0.717, 1.165) is 10.9 Å². The molecular weight excluding hydrogens is 368 g/mol. The topological polar surface area (TPSA) is 92.4 Å². The van der Waals surface area contributed by atoms with Crippen LogP contribution in [0.4, 0.5) is 10.6 Å². The molecule has 0 aliphatic rings. The van der Waals surface area contributed by atoms with Crippen molar-refractivity contribution in [2.24, 2.45) is 0 Å². The van der Waals surface area contributed by atoms with Gasteiger partial charge < -0.3 is 20.7 Å². The van der Waals surface area contributed by atoms with E-state index >= 15 is 0 Å². The molecule has 0 aliphatic carbocycles. The van der Waals surface area contributed by atoms with E-state index in [4.69, 9.17) is 16.3 Å². The van der Waals surface area contributed by atoms with Gasteiger partial charge in [-0.05, 0) is 39.8 Å². The molecule has 7 nitrogen and oxygen atoms in total. The minimum atomic E-state index is -0.598. The first-order chi connectivity index (χ1) is 12.6. The Bertz CT molecular complexity index is 849. The van der Waals surface area contributed by atoms with E-state index in [1.165, 1.54) is 0 Å². The fraction of sp³-hybridized carbons (Fsp3) is 0.421. The number of para-hydroxylation sites is 1. The van der Waals surface area contributed by atoms with Gasteiger partial charge in [0.25, 0.3) is 0 Å². The number of benzene rings is 1. The molecular formula is C19H25ClN4O3. The molecule has 8 heteroatoms. The molecule has 0 saturated carbocycles. The fourth-order valence-corrected chi connectivity index (χ4v) is 2.69. The van der Waals surface area contributed by atoms with Crippen LogP contribution in [-0.2, 0) is 9.53 Å². The number of likely N-dealkylation sites (N-methyl/N-ethyl adjacent to an activating group) is 1. The number of nitrogens with zero attached hydrogens (tertiary/aromatic N) is 1. The number of ether oxygens (including phenoxy) is 1. The molecule has 0 fully saturated rings. The Hall–Kier alpha value is -2.54. The molecule has 1 aromatic carbocycles. The summed E-state index contributed by atoms with van der Waals surface area (Å²) < 4.78 is 5.32. The largest absolute Gasteiger partial charge is 0.444 e. The Balaban J connectivity index is 2.36. The second-order valence-corrected chi connectivity index (χ2v) is 7.54. The molecule has 27 heavy (non-hydrogen) atoms. The summed E-state index contributed by atoms with van der Waals surface area (Å²) in [5.74, 6) is 0.289. The molecule has 3 N–H and O–H groups in total. The van der Waals surface area contributed by atoms with E-state index in [1.54, 1.807) is 33.9 Å². The van der Waals surface area contributed by atoms with Gasteiger partial charge in [0.1, 0.15) is 11.4 Å². The number of hydrogen-bond donors (Lipinski definition) is 3. The van der Waals surface area contributed by atoms with Crippen LogP contribution in [-0.4, -0.2) is 36.2 Å². The summed E-state index contributed by atoms with van der Waals surface area (Å²) in [6, 6.07) is 6.97. The van der Waals surface area contributed by atoms with Gasteiger partial charge in [0.05, 0.1) is 23.1 Å². The van der Waals surface area contributed by atoms with Crippen molar-refractivity contribution in [2.45, 2.75) is 39.3 Å². The van der Waals surface area contributed by atoms with E-state index in [0.29, 0.717) is 16.4 Å². The van der Waals surface area contributed by atoms with E-state index < -0.39 is 17.7 Å². The van der Waals surface area contributed by atoms with Gasteiger partial charge in [-0.1, -0.05) is 23.7 Å². The minimum absolute atomic E-state index is 0.0472. The maximum absolute atomic E-state index is 12.1. The van der Waals surface area contributed by atoms with Crippen LogP contribution in [0.1, 0.15) is 39.3 Å². The number of carbonyl (C=O) groups excluding carboxylic acids is 2. The number of nitrogens with one attached hydrogen (secondary N) is 3. The van der Waals surface area contributed by atoms with Crippen molar-refractivity contribution in [1.82, 2.24) is 15.6 Å². The van der Waals surface area contributed by atoms with Crippen molar-refractivity contribution in [1.29, 1.82) is 0 Å². The number of hydrogen-bond acceptors (Lipinski definition) is 5. The number of fused-ring (bicyclic) bond motifs is 1. The third-order valence-corrected chi connectivity index (χ3v) is 4.03. The lowest BCUT2D eigenvalue weighted by Gasteiger charge is -2.23. The van der Waals surface area contributed by atoms with Gasteiger partial charge in [0.2, 0.25) is 5.91 Å². The Labute approximate surface area is 163 Å². The number of halogens is 1. The highest BCUT2D eigenvalue weighted by molar-refractivity contribution is 6.35. The first-order valence-electron chi connectivity index (χ1n) is 8.64. The second-order valence-electron chi connectivity index (χ2n) is 7.13. The van der Waals surface area contributed by atoms with Gasteiger partial charge in [-0.15, -0.1) is 0 Å². The number of anilines is 1. The average molecular weight is 393 g/mol. The van der Waals surface area contributed by atoms with Crippen LogP contribution < -0.4 is 16.0 Å². The van der Waals surface area contributed by atoms with Crippen molar-refractivity contribution < 1.29 is 14.3 Å². The molecule has 0 bridgehead atoms. The molecule has 0 saturated heterocycles. The van der Waals surface area contributed by atoms with Crippen LogP contribution >= 0.6 is 11.6 Å². The van der Waals surface area contributed by atoms with Gasteiger partial charge in [-0.2, -0.15) is 0 Å². The number of amides is 2. The highest BCUT2D eigenvalue weighted by atomic mass is 35.5. The second kappa shape index (κ2) is 8.43. The molecule has 146 valence electrons. The zero-order chi connectivity index (χ0) is 20.2. The summed E-state index contributed by atoms with van der Waals surface area (Å²) in [6.45, 7) is 7.27. The van der Waals surface area contributed by atoms with Crippen molar-refractivity contribution in [3.63, 3.8) is 0 Å². The van der Waals surface area contributed by atoms with Crippen molar-refractivity contribution in [2.75, 3.05) is 18.9 Å². The highest BCUT2D eigenvalue weighted by Crippen LogP contribution is 2.29. The Morgan fingerprint density at radius 2 is 2.00 bits per heavy atom. The molecule has 0 spiro atoms. The number of carbonyl (C=O) groups is 2. The maximum atomic E-state index is 12.1. The number of rotatable bonds is 5. The molecule has 2 rings (SSSR count). The lowest BCUT2D eigenvalue weighted by atomic mass is 10.1. The molecule has 2 amide bonds. The summed E-state index contributed by atoms with van der Waals surface area (Å²) in [6.07, 6.45) is -0.529. The van der Waals surface area contributed by atoms with Crippen molar-refractivity contribution in [3.05, 3.63) is 34.9 Å². The third-order valence-electron chi connectivity index (χ3n) is 3.72. The van der Waals surface area contributed by atoms with Gasteiger partial charge in [-0.25, -0.2) is 9.78 Å². The first kappa shape index (κ1) is 20.8. The lowest BCUT2D eigenvalue weighted by Crippen LogP contribution is -2.34. The Kier molecular flexibility index (Phi) is 6.49. The predicted octanol–water partition coefficient (Wildman–Crippen LogP) is 3.63. The van der Waals surface area contributed by atoms with Gasteiger partial charge >= 0.3 is 6.09 Å². The molecule has 0 radical (unpaired) electrons. The summed E-state index contributed by atoms with van der Waals surface area (Å²) in [5, 5.41) is 9.70. The van der Waals surface area contributed by atoms with Crippen LogP contribution in [0.15, 0.2) is 24.3 Å². The van der Waals surface area contributed by atoms with Gasteiger partial charge in [-0.3, -0.25) is 4.79 Å². The van der Waals surface area contributed by atoms with E-state index in [2.05, 4.69) is 20.9 Å². The van der Waals surface area contributed by atoms with Crippen LogP contribution in [0.5, 0.6) is 0 Å². The zero-order valence-electron chi connectivity index (χ0n) is 16.1. The summed E-state index contributed by atoms with van der Waals surface area (Å²) in [4.78, 5) is 28.3. The average Bonchev–Trinajstić information content (AvgIpc) is 2.57. The molecule has 0 aliphatic heterocycles. The van der Waals surface area contributed by atoms with Gasteiger partial charge in [0, 0.05) is 18.0 Å². The molecule has 1 atom stereocenters. The quantitative estimate of drug-likeness (QED) is 0.722. The maximum Gasteiger partial charge on any atom is 0.408 e. The first-order valence-corrected chi connectivity index (χ1v) is 9.01. The number of pyridine rings is 1. The Morgan fingerprint density at radius 1 is 1.30 bits per heavy atom. The predicted molar refractivity (Wildman–Crippen MR) is 107 cm³/mol. The van der Waals surface area contributed by atoms with Crippen LogP contribution in [0, 0.1) is 0 Å². The minimum Gasteiger partial charge on any atom is -0.444 e. The van der Waals surface area contributed by atoms with Crippen molar-refractivity contribution >= 4 is 40.3 Å². The Morgan fingerprint density at radius 3 is 2.63 bits per heavy atom. The normalized spacial score (nSPS) is 12.4. The molecule has 0 unspecified atom stereocenters. The van der Waals surface area contributed by atoms with Crippen molar-refractivity contribution in [3.8, 4) is 0 Å². The highest BCUT2D eigenvalue weighted by Gasteiger charge is 2.21. The summed E-state index contributed by atoms with van der Waals surface area (Å²) in [7, 11) is 1.56. The van der Waals surface area contributed by atoms with Crippen LogP contribution in [0.3, 0.4) is 0 Å². The molecule has 1 heterocycles. The third kappa shape index (κ3) is 5.72. The summed E-state index contributed by atoms with van der Waals surface area (Å²) in [5.41, 5.74) is 0.741. The monoisotopic (exact) mass is 392 g/mol. The standard InChI is InChI=1S/C19H25ClN4O3/c1-11(23-18(26)27-19(2,3)4)13-9-12-7-6-8-14(20)16(12)24-17(13)22-10-15(25)21-5/h6-9,11H,10H2,1-5H3,(H,21,25)(H,22,24)(H,23,26)/t11-/m0/s1. The van der Waals surface area contributed by atoms with E-state index in [-0.39, 0.29) is 12.5 Å². The zero-order valence-corrected chi connectivity index (χ0v) is 16.9. The SMILES string of the molecule is CNC(=O)CNc1nc2c(Cl)cccc2cc1[C@H](C)NC(=O)OC(C)(C)C.